The molecule has 30 heavy (non-hydrogen) atoms. The molecule has 0 saturated heterocycles. The van der Waals surface area contributed by atoms with E-state index in [-0.39, 0.29) is 12.1 Å². The molecule has 0 aliphatic carbocycles. The standard InChI is InChI=1S/C20H16N6O4/c21-19(28)18(27)14(7-12-10-30-16-9-22-6-4-13(12)16)25-20(29)15-8-23-11-26(15)17-3-1-2-5-24-17/h1-6,8-11,14H,7H2,(H2,21,28)(H,25,29). The van der Waals surface area contributed by atoms with Crippen molar-refractivity contribution in [2.45, 2.75) is 12.5 Å². The van der Waals surface area contributed by atoms with Crippen molar-refractivity contribution in [2.24, 2.45) is 5.73 Å². The average Bonchev–Trinajstić information content (AvgIpc) is 3.41. The highest BCUT2D eigenvalue weighted by atomic mass is 16.3. The van der Waals surface area contributed by atoms with Crippen LogP contribution in [0, 0.1) is 0 Å². The lowest BCUT2D eigenvalue weighted by Gasteiger charge is -2.16. The number of Topliss-reactive ketones (excluding diaryl/α,β-unsaturated/α-hetero) is 1. The van der Waals surface area contributed by atoms with Crippen LogP contribution in [-0.2, 0) is 16.0 Å². The van der Waals surface area contributed by atoms with Crippen molar-refractivity contribution in [2.75, 3.05) is 0 Å². The molecule has 0 spiro atoms. The van der Waals surface area contributed by atoms with Gasteiger partial charge in [0.05, 0.1) is 18.7 Å². The van der Waals surface area contributed by atoms with Crippen molar-refractivity contribution in [3.05, 3.63) is 72.9 Å². The fraction of sp³-hybridized carbons (Fsp3) is 0.100. The van der Waals surface area contributed by atoms with Crippen molar-refractivity contribution in [1.29, 1.82) is 0 Å². The van der Waals surface area contributed by atoms with E-state index in [0.29, 0.717) is 17.0 Å². The van der Waals surface area contributed by atoms with E-state index in [9.17, 15) is 14.4 Å². The minimum absolute atomic E-state index is 0.0161. The molecule has 4 aromatic rings. The third kappa shape index (κ3) is 3.65. The molecular formula is C20H16N6O4. The molecule has 1 unspecified atom stereocenters. The van der Waals surface area contributed by atoms with Crippen LogP contribution in [0.4, 0.5) is 0 Å². The molecule has 0 aromatic carbocycles. The van der Waals surface area contributed by atoms with Gasteiger partial charge in [-0.2, -0.15) is 0 Å². The van der Waals surface area contributed by atoms with Crippen LogP contribution in [0.1, 0.15) is 16.1 Å². The summed E-state index contributed by atoms with van der Waals surface area (Å²) in [5, 5.41) is 3.30. The van der Waals surface area contributed by atoms with Gasteiger partial charge >= 0.3 is 0 Å². The number of aromatic nitrogens is 4. The second-order valence-electron chi connectivity index (χ2n) is 6.43. The fourth-order valence-corrected chi connectivity index (χ4v) is 3.07. The molecule has 0 bridgehead atoms. The van der Waals surface area contributed by atoms with E-state index < -0.39 is 23.6 Å². The van der Waals surface area contributed by atoms with Crippen LogP contribution < -0.4 is 11.1 Å². The molecule has 3 N–H and O–H groups in total. The van der Waals surface area contributed by atoms with Gasteiger partial charge in [-0.3, -0.25) is 23.9 Å². The molecule has 4 aromatic heterocycles. The van der Waals surface area contributed by atoms with Gasteiger partial charge in [0.25, 0.3) is 11.8 Å². The first kappa shape index (κ1) is 19.0. The smallest absolute Gasteiger partial charge is 0.287 e. The third-order valence-corrected chi connectivity index (χ3v) is 4.51. The first-order valence-corrected chi connectivity index (χ1v) is 8.93. The van der Waals surface area contributed by atoms with Crippen molar-refractivity contribution in [3.63, 3.8) is 0 Å². The van der Waals surface area contributed by atoms with Crippen LogP contribution in [0.5, 0.6) is 0 Å². The lowest BCUT2D eigenvalue weighted by molar-refractivity contribution is -0.137. The number of ketones is 1. The normalized spacial score (nSPS) is 11.9. The predicted octanol–water partition coefficient (Wildman–Crippen LogP) is 0.804. The molecule has 1 atom stereocenters. The molecule has 0 aliphatic heterocycles. The van der Waals surface area contributed by atoms with Crippen molar-refractivity contribution in [1.82, 2.24) is 24.8 Å². The number of hydrogen-bond donors (Lipinski definition) is 2. The summed E-state index contributed by atoms with van der Waals surface area (Å²) in [6.45, 7) is 0. The summed E-state index contributed by atoms with van der Waals surface area (Å²) in [5.74, 6) is -2.19. The van der Waals surface area contributed by atoms with Gasteiger partial charge < -0.3 is 15.5 Å². The van der Waals surface area contributed by atoms with Gasteiger partial charge in [0.15, 0.2) is 5.58 Å². The minimum atomic E-state index is -1.18. The van der Waals surface area contributed by atoms with Gasteiger partial charge in [0.1, 0.15) is 23.9 Å². The maximum atomic E-state index is 12.9. The molecule has 0 saturated carbocycles. The van der Waals surface area contributed by atoms with E-state index in [1.807, 2.05) is 0 Å². The average molecular weight is 404 g/mol. The zero-order valence-electron chi connectivity index (χ0n) is 15.6. The van der Waals surface area contributed by atoms with Crippen LogP contribution >= 0.6 is 0 Å². The number of amides is 2. The van der Waals surface area contributed by atoms with Crippen LogP contribution in [0.2, 0.25) is 0 Å². The quantitative estimate of drug-likeness (QED) is 0.433. The number of imidazole rings is 1. The Balaban J connectivity index is 1.62. The number of hydrogen-bond acceptors (Lipinski definition) is 7. The SMILES string of the molecule is NC(=O)C(=O)C(Cc1coc2cnccc12)NC(=O)c1cncn1-c1ccccn1. The lowest BCUT2D eigenvalue weighted by atomic mass is 10.0. The summed E-state index contributed by atoms with van der Waals surface area (Å²) in [5.41, 5.74) is 6.50. The summed E-state index contributed by atoms with van der Waals surface area (Å²) in [6.07, 6.45) is 8.94. The molecule has 10 nitrogen and oxygen atoms in total. The Kier molecular flexibility index (Phi) is 5.04. The predicted molar refractivity (Wildman–Crippen MR) is 105 cm³/mol. The maximum absolute atomic E-state index is 12.9. The van der Waals surface area contributed by atoms with Crippen LogP contribution in [-0.4, -0.2) is 43.2 Å². The molecular weight excluding hydrogens is 388 g/mol. The molecule has 0 fully saturated rings. The van der Waals surface area contributed by atoms with Gasteiger partial charge in [0.2, 0.25) is 5.78 Å². The van der Waals surface area contributed by atoms with Gasteiger partial charge in [0, 0.05) is 29.8 Å². The number of furan rings is 1. The van der Waals surface area contributed by atoms with E-state index in [1.165, 1.54) is 29.6 Å². The molecule has 0 radical (unpaired) electrons. The molecule has 4 heterocycles. The zero-order chi connectivity index (χ0) is 21.1. The van der Waals surface area contributed by atoms with Gasteiger partial charge in [-0.15, -0.1) is 0 Å². The van der Waals surface area contributed by atoms with E-state index in [4.69, 9.17) is 10.2 Å². The lowest BCUT2D eigenvalue weighted by Crippen LogP contribution is -2.47. The highest BCUT2D eigenvalue weighted by Crippen LogP contribution is 2.21. The highest BCUT2D eigenvalue weighted by molar-refractivity contribution is 6.38. The first-order valence-electron chi connectivity index (χ1n) is 8.93. The number of carbonyl (C=O) groups is 3. The monoisotopic (exact) mass is 404 g/mol. The number of carbonyl (C=O) groups excluding carboxylic acids is 3. The van der Waals surface area contributed by atoms with E-state index >= 15 is 0 Å². The Labute approximate surface area is 169 Å². The van der Waals surface area contributed by atoms with Crippen molar-refractivity contribution in [3.8, 4) is 5.82 Å². The second kappa shape index (κ2) is 7.95. The first-order chi connectivity index (χ1) is 14.5. The number of pyridine rings is 2. The summed E-state index contributed by atoms with van der Waals surface area (Å²) in [4.78, 5) is 49.0. The zero-order valence-corrected chi connectivity index (χ0v) is 15.6. The topological polar surface area (TPSA) is 146 Å². The Hall–Kier alpha value is -4.34. The van der Waals surface area contributed by atoms with Crippen LogP contribution in [0.15, 0.2) is 66.1 Å². The van der Waals surface area contributed by atoms with Crippen molar-refractivity contribution >= 4 is 28.6 Å². The number of fused-ring (bicyclic) bond motifs is 1. The van der Waals surface area contributed by atoms with E-state index in [2.05, 4.69) is 20.3 Å². The van der Waals surface area contributed by atoms with Crippen LogP contribution in [0.25, 0.3) is 16.8 Å². The number of nitrogens with two attached hydrogens (primary N) is 1. The molecule has 10 heteroatoms. The third-order valence-electron chi connectivity index (χ3n) is 4.51. The summed E-state index contributed by atoms with van der Waals surface area (Å²) in [6, 6.07) is 5.75. The highest BCUT2D eigenvalue weighted by Gasteiger charge is 2.28. The molecule has 0 aliphatic rings. The molecule has 4 rings (SSSR count). The Morgan fingerprint density at radius 2 is 2.00 bits per heavy atom. The van der Waals surface area contributed by atoms with Gasteiger partial charge in [-0.05, 0) is 18.2 Å². The van der Waals surface area contributed by atoms with Crippen molar-refractivity contribution < 1.29 is 18.8 Å². The number of primary amides is 1. The van der Waals surface area contributed by atoms with Gasteiger partial charge in [-0.1, -0.05) is 6.07 Å². The minimum Gasteiger partial charge on any atom is -0.462 e. The summed E-state index contributed by atoms with van der Waals surface area (Å²) >= 11 is 0. The van der Waals surface area contributed by atoms with Gasteiger partial charge in [-0.25, -0.2) is 9.97 Å². The Morgan fingerprint density at radius 1 is 1.13 bits per heavy atom. The number of rotatable bonds is 7. The largest absolute Gasteiger partial charge is 0.462 e. The summed E-state index contributed by atoms with van der Waals surface area (Å²) in [7, 11) is 0. The van der Waals surface area contributed by atoms with E-state index in [1.54, 1.807) is 36.7 Å². The van der Waals surface area contributed by atoms with E-state index in [0.717, 1.165) is 5.39 Å². The molecule has 150 valence electrons. The molecule has 2 amide bonds. The van der Waals surface area contributed by atoms with Crippen LogP contribution in [0.3, 0.4) is 0 Å². The Bertz CT molecular complexity index is 1230. The fourth-order valence-electron chi connectivity index (χ4n) is 3.07. The number of nitrogens with one attached hydrogen (secondary N) is 1. The second-order valence-corrected chi connectivity index (χ2v) is 6.43. The summed E-state index contributed by atoms with van der Waals surface area (Å²) < 4.78 is 6.89. The maximum Gasteiger partial charge on any atom is 0.287 e. The number of nitrogens with zero attached hydrogens (tertiary/aromatic N) is 4. The Morgan fingerprint density at radius 3 is 2.77 bits per heavy atom.